The molecule has 1 aromatic rings. The van der Waals surface area contributed by atoms with Crippen LogP contribution in [-0.4, -0.2) is 23.4 Å². The Morgan fingerprint density at radius 3 is 2.59 bits per heavy atom. The molecule has 1 atom stereocenters. The predicted octanol–water partition coefficient (Wildman–Crippen LogP) is 2.97. The van der Waals surface area contributed by atoms with Crippen molar-refractivity contribution in [1.29, 1.82) is 0 Å². The summed E-state index contributed by atoms with van der Waals surface area (Å²) < 4.78 is 5.59. The molecule has 0 heterocycles. The molecular formula is C14H23NO2. The molecule has 96 valence electrons. The van der Waals surface area contributed by atoms with Crippen LogP contribution >= 0.6 is 0 Å². The molecule has 3 nitrogen and oxygen atoms in total. The molecule has 3 heteroatoms. The number of anilines is 1. The van der Waals surface area contributed by atoms with Crippen molar-refractivity contribution >= 4 is 5.69 Å². The van der Waals surface area contributed by atoms with E-state index in [1.54, 1.807) is 13.8 Å². The van der Waals surface area contributed by atoms with Gasteiger partial charge in [0.2, 0.25) is 0 Å². The van der Waals surface area contributed by atoms with Crippen molar-refractivity contribution in [2.75, 3.05) is 11.9 Å². The van der Waals surface area contributed by atoms with Crippen LogP contribution in [0.2, 0.25) is 0 Å². The highest BCUT2D eigenvalue weighted by atomic mass is 16.5. The molecule has 0 saturated heterocycles. The Hall–Kier alpha value is -1.22. The summed E-state index contributed by atoms with van der Waals surface area (Å²) in [4.78, 5) is 0. The number of aryl methyl sites for hydroxylation is 1. The highest BCUT2D eigenvalue weighted by molar-refractivity contribution is 5.58. The Morgan fingerprint density at radius 2 is 2.06 bits per heavy atom. The van der Waals surface area contributed by atoms with E-state index < -0.39 is 5.60 Å². The first-order valence-electron chi connectivity index (χ1n) is 6.07. The number of aliphatic hydroxyl groups is 1. The molecule has 0 fully saturated rings. The standard InChI is InChI=1S/C14H23NO2/c1-6-17-13-9-10(2)7-8-12(13)15-11(3)14(4,5)16/h7-9,11,15-16H,6H2,1-5H3. The molecule has 1 unspecified atom stereocenters. The Labute approximate surface area is 104 Å². The Bertz CT molecular complexity index is 369. The molecule has 1 aromatic carbocycles. The topological polar surface area (TPSA) is 41.5 Å². The van der Waals surface area contributed by atoms with Crippen LogP contribution in [0.15, 0.2) is 18.2 Å². The van der Waals surface area contributed by atoms with E-state index in [1.165, 1.54) is 0 Å². The SMILES string of the molecule is CCOc1cc(C)ccc1NC(C)C(C)(C)O. The number of rotatable bonds is 5. The summed E-state index contributed by atoms with van der Waals surface area (Å²) in [7, 11) is 0. The number of nitrogens with one attached hydrogen (secondary N) is 1. The van der Waals surface area contributed by atoms with E-state index >= 15 is 0 Å². The fourth-order valence-corrected chi connectivity index (χ4v) is 1.43. The van der Waals surface area contributed by atoms with Gasteiger partial charge in [-0.25, -0.2) is 0 Å². The summed E-state index contributed by atoms with van der Waals surface area (Å²) in [6.07, 6.45) is 0. The summed E-state index contributed by atoms with van der Waals surface area (Å²) in [5.41, 5.74) is 1.32. The average molecular weight is 237 g/mol. The third kappa shape index (κ3) is 3.93. The third-order valence-corrected chi connectivity index (χ3v) is 2.87. The van der Waals surface area contributed by atoms with Gasteiger partial charge in [0.15, 0.2) is 0 Å². The second kappa shape index (κ2) is 5.41. The largest absolute Gasteiger partial charge is 0.492 e. The zero-order valence-corrected chi connectivity index (χ0v) is 11.4. The zero-order valence-electron chi connectivity index (χ0n) is 11.4. The van der Waals surface area contributed by atoms with E-state index in [-0.39, 0.29) is 6.04 Å². The Morgan fingerprint density at radius 1 is 1.41 bits per heavy atom. The van der Waals surface area contributed by atoms with Gasteiger partial charge in [-0.2, -0.15) is 0 Å². The maximum atomic E-state index is 9.92. The summed E-state index contributed by atoms with van der Waals surface area (Å²) in [6.45, 7) is 10.2. The minimum atomic E-state index is -0.769. The quantitative estimate of drug-likeness (QED) is 0.827. The van der Waals surface area contributed by atoms with Gasteiger partial charge < -0.3 is 15.2 Å². The number of benzene rings is 1. The maximum Gasteiger partial charge on any atom is 0.142 e. The van der Waals surface area contributed by atoms with Crippen molar-refractivity contribution in [3.05, 3.63) is 23.8 Å². The van der Waals surface area contributed by atoms with Gasteiger partial charge in [-0.3, -0.25) is 0 Å². The van der Waals surface area contributed by atoms with Gasteiger partial charge in [0.1, 0.15) is 5.75 Å². The Kier molecular flexibility index (Phi) is 4.40. The van der Waals surface area contributed by atoms with E-state index in [2.05, 4.69) is 5.32 Å². The lowest BCUT2D eigenvalue weighted by molar-refractivity contribution is 0.0648. The molecule has 0 radical (unpaired) electrons. The van der Waals surface area contributed by atoms with Gasteiger partial charge in [-0.05, 0) is 52.3 Å². The van der Waals surface area contributed by atoms with Crippen LogP contribution in [0, 0.1) is 6.92 Å². The number of hydrogen-bond donors (Lipinski definition) is 2. The van der Waals surface area contributed by atoms with Crippen LogP contribution in [-0.2, 0) is 0 Å². The van der Waals surface area contributed by atoms with Crippen molar-refractivity contribution in [2.45, 2.75) is 46.3 Å². The van der Waals surface area contributed by atoms with E-state index in [1.807, 2.05) is 39.0 Å². The molecule has 0 spiro atoms. The Balaban J connectivity index is 2.90. The fraction of sp³-hybridized carbons (Fsp3) is 0.571. The molecule has 1 rings (SSSR count). The number of hydrogen-bond acceptors (Lipinski definition) is 3. The highest BCUT2D eigenvalue weighted by Gasteiger charge is 2.22. The lowest BCUT2D eigenvalue weighted by Gasteiger charge is -2.28. The van der Waals surface area contributed by atoms with Gasteiger partial charge in [0.05, 0.1) is 23.9 Å². The molecular weight excluding hydrogens is 214 g/mol. The zero-order chi connectivity index (χ0) is 13.1. The molecule has 0 aliphatic heterocycles. The lowest BCUT2D eigenvalue weighted by Crippen LogP contribution is -2.39. The molecule has 0 aromatic heterocycles. The normalized spacial score (nSPS) is 13.3. The first-order chi connectivity index (χ1) is 7.84. The maximum absolute atomic E-state index is 9.92. The van der Waals surface area contributed by atoms with Crippen molar-refractivity contribution in [3.8, 4) is 5.75 Å². The second-order valence-corrected chi connectivity index (χ2v) is 4.95. The molecule has 0 bridgehead atoms. The van der Waals surface area contributed by atoms with Crippen LogP contribution < -0.4 is 10.1 Å². The summed E-state index contributed by atoms with van der Waals surface area (Å²) in [5, 5.41) is 13.2. The monoisotopic (exact) mass is 237 g/mol. The van der Waals surface area contributed by atoms with Crippen molar-refractivity contribution in [2.24, 2.45) is 0 Å². The second-order valence-electron chi connectivity index (χ2n) is 4.95. The van der Waals surface area contributed by atoms with Crippen molar-refractivity contribution in [3.63, 3.8) is 0 Å². The van der Waals surface area contributed by atoms with E-state index in [0.29, 0.717) is 6.61 Å². The molecule has 0 aliphatic carbocycles. The summed E-state index contributed by atoms with van der Waals surface area (Å²) in [5.74, 6) is 0.837. The summed E-state index contributed by atoms with van der Waals surface area (Å²) in [6, 6.07) is 5.97. The first kappa shape index (κ1) is 13.8. The van der Waals surface area contributed by atoms with E-state index in [0.717, 1.165) is 17.0 Å². The third-order valence-electron chi connectivity index (χ3n) is 2.87. The molecule has 0 saturated carbocycles. The van der Waals surface area contributed by atoms with Crippen molar-refractivity contribution < 1.29 is 9.84 Å². The van der Waals surface area contributed by atoms with E-state index in [9.17, 15) is 5.11 Å². The minimum absolute atomic E-state index is 0.0515. The summed E-state index contributed by atoms with van der Waals surface area (Å²) >= 11 is 0. The van der Waals surface area contributed by atoms with Gasteiger partial charge in [0.25, 0.3) is 0 Å². The predicted molar refractivity (Wildman–Crippen MR) is 71.7 cm³/mol. The smallest absolute Gasteiger partial charge is 0.142 e. The van der Waals surface area contributed by atoms with E-state index in [4.69, 9.17) is 4.74 Å². The minimum Gasteiger partial charge on any atom is -0.492 e. The molecule has 2 N–H and O–H groups in total. The first-order valence-corrected chi connectivity index (χ1v) is 6.07. The van der Waals surface area contributed by atoms with Gasteiger partial charge >= 0.3 is 0 Å². The van der Waals surface area contributed by atoms with Crippen LogP contribution in [0.1, 0.15) is 33.3 Å². The van der Waals surface area contributed by atoms with Crippen molar-refractivity contribution in [1.82, 2.24) is 0 Å². The fourth-order valence-electron chi connectivity index (χ4n) is 1.43. The molecule has 0 aliphatic rings. The van der Waals surface area contributed by atoms with Crippen LogP contribution in [0.5, 0.6) is 5.75 Å². The molecule has 17 heavy (non-hydrogen) atoms. The highest BCUT2D eigenvalue weighted by Crippen LogP contribution is 2.27. The lowest BCUT2D eigenvalue weighted by atomic mass is 10.0. The molecule has 0 amide bonds. The van der Waals surface area contributed by atoms with Gasteiger partial charge in [-0.15, -0.1) is 0 Å². The van der Waals surface area contributed by atoms with Gasteiger partial charge in [0, 0.05) is 0 Å². The van der Waals surface area contributed by atoms with Crippen LogP contribution in [0.3, 0.4) is 0 Å². The average Bonchev–Trinajstić information content (AvgIpc) is 2.21. The van der Waals surface area contributed by atoms with Crippen LogP contribution in [0.25, 0.3) is 0 Å². The van der Waals surface area contributed by atoms with Crippen LogP contribution in [0.4, 0.5) is 5.69 Å². The van der Waals surface area contributed by atoms with Gasteiger partial charge in [-0.1, -0.05) is 6.07 Å². The number of ether oxygens (including phenoxy) is 1.